The zero-order valence-electron chi connectivity index (χ0n) is 17.3. The Morgan fingerprint density at radius 3 is 2.54 bits per heavy atom. The van der Waals surface area contributed by atoms with Gasteiger partial charge in [0.15, 0.2) is 6.29 Å². The molecule has 3 unspecified atom stereocenters. The number of fused-ring (bicyclic) bond motifs is 1. The fraction of sp³-hybridized carbons (Fsp3) is 0.739. The molecular weight excluding hydrogens is 374 g/mol. The van der Waals surface area contributed by atoms with Crippen LogP contribution in [0.1, 0.15) is 64.4 Å². The van der Waals surface area contributed by atoms with E-state index >= 15 is 0 Å². The van der Waals surface area contributed by atoms with Gasteiger partial charge in [0, 0.05) is 35.5 Å². The molecule has 3 saturated heterocycles. The van der Waals surface area contributed by atoms with Gasteiger partial charge in [-0.1, -0.05) is 30.7 Å². The van der Waals surface area contributed by atoms with Crippen LogP contribution in [0.4, 0.5) is 0 Å². The van der Waals surface area contributed by atoms with E-state index in [1.54, 1.807) is 0 Å². The quantitative estimate of drug-likeness (QED) is 0.796. The maximum atomic E-state index is 11.3. The maximum absolute atomic E-state index is 11.3. The van der Waals surface area contributed by atoms with E-state index in [0.29, 0.717) is 0 Å². The molecule has 0 amide bonds. The van der Waals surface area contributed by atoms with E-state index in [2.05, 4.69) is 30.9 Å². The summed E-state index contributed by atoms with van der Waals surface area (Å²) in [5.41, 5.74) is 0.964. The smallest absolute Gasteiger partial charge is 0.157 e. The van der Waals surface area contributed by atoms with Crippen LogP contribution in [0.3, 0.4) is 0 Å². The van der Waals surface area contributed by atoms with Crippen molar-refractivity contribution in [3.8, 4) is 0 Å². The molecule has 3 fully saturated rings. The van der Waals surface area contributed by atoms with Gasteiger partial charge in [0.25, 0.3) is 0 Å². The fourth-order valence-corrected chi connectivity index (χ4v) is 5.60. The van der Waals surface area contributed by atoms with Gasteiger partial charge in [0.05, 0.1) is 18.8 Å². The van der Waals surface area contributed by atoms with Gasteiger partial charge in [0.1, 0.15) is 0 Å². The molecular formula is C23H34ClNO3. The molecule has 1 N–H and O–H groups in total. The lowest BCUT2D eigenvalue weighted by Crippen LogP contribution is -2.63. The van der Waals surface area contributed by atoms with Crippen molar-refractivity contribution in [3.63, 3.8) is 0 Å². The Morgan fingerprint density at radius 1 is 1.11 bits per heavy atom. The van der Waals surface area contributed by atoms with Crippen LogP contribution in [0, 0.1) is 0 Å². The van der Waals surface area contributed by atoms with Gasteiger partial charge in [-0.3, -0.25) is 4.90 Å². The summed E-state index contributed by atoms with van der Waals surface area (Å²) in [6.07, 6.45) is 6.28. The Labute approximate surface area is 174 Å². The highest BCUT2D eigenvalue weighted by molar-refractivity contribution is 6.30. The largest absolute Gasteiger partial charge is 0.390 e. The Bertz CT molecular complexity index is 677. The van der Waals surface area contributed by atoms with E-state index < -0.39 is 5.60 Å². The van der Waals surface area contributed by atoms with Crippen molar-refractivity contribution in [1.82, 2.24) is 4.90 Å². The number of rotatable bonds is 4. The van der Waals surface area contributed by atoms with E-state index in [0.717, 1.165) is 76.3 Å². The number of benzene rings is 1. The van der Waals surface area contributed by atoms with Crippen molar-refractivity contribution in [3.05, 3.63) is 34.9 Å². The molecule has 28 heavy (non-hydrogen) atoms. The van der Waals surface area contributed by atoms with E-state index in [1.807, 2.05) is 12.1 Å². The van der Waals surface area contributed by atoms with E-state index in [1.165, 1.54) is 5.56 Å². The van der Waals surface area contributed by atoms with Gasteiger partial charge >= 0.3 is 0 Å². The van der Waals surface area contributed by atoms with Gasteiger partial charge in [0.2, 0.25) is 0 Å². The highest BCUT2D eigenvalue weighted by Crippen LogP contribution is 2.47. The topological polar surface area (TPSA) is 41.9 Å². The molecule has 0 saturated carbocycles. The second-order valence-corrected chi connectivity index (χ2v) is 10.1. The second-order valence-electron chi connectivity index (χ2n) is 9.70. The summed E-state index contributed by atoms with van der Waals surface area (Å²) < 4.78 is 11.4. The zero-order valence-corrected chi connectivity index (χ0v) is 18.0. The third-order valence-electron chi connectivity index (χ3n) is 7.36. The molecule has 0 bridgehead atoms. The number of ether oxygens (including phenoxy) is 2. The van der Waals surface area contributed by atoms with Crippen molar-refractivity contribution in [2.45, 2.75) is 81.6 Å². The van der Waals surface area contributed by atoms with Crippen LogP contribution in [0.15, 0.2) is 24.3 Å². The predicted molar refractivity (Wildman–Crippen MR) is 112 cm³/mol. The van der Waals surface area contributed by atoms with E-state index in [4.69, 9.17) is 21.1 Å². The van der Waals surface area contributed by atoms with Crippen LogP contribution in [0.2, 0.25) is 5.02 Å². The third kappa shape index (κ3) is 4.27. The minimum Gasteiger partial charge on any atom is -0.390 e. The first-order valence-corrected chi connectivity index (χ1v) is 11.1. The molecule has 1 aromatic carbocycles. The summed E-state index contributed by atoms with van der Waals surface area (Å²) in [6, 6.07) is 8.35. The Morgan fingerprint density at radius 2 is 1.82 bits per heavy atom. The van der Waals surface area contributed by atoms with Gasteiger partial charge in [-0.25, -0.2) is 0 Å². The maximum Gasteiger partial charge on any atom is 0.157 e. The molecule has 156 valence electrons. The average Bonchev–Trinajstić information content (AvgIpc) is 2.69. The van der Waals surface area contributed by atoms with Gasteiger partial charge in [-0.15, -0.1) is 0 Å². The monoisotopic (exact) mass is 407 g/mol. The van der Waals surface area contributed by atoms with E-state index in [9.17, 15) is 5.11 Å². The van der Waals surface area contributed by atoms with Crippen LogP contribution in [0.5, 0.6) is 0 Å². The lowest BCUT2D eigenvalue weighted by molar-refractivity contribution is -0.191. The van der Waals surface area contributed by atoms with Gasteiger partial charge in [-0.2, -0.15) is 0 Å². The lowest BCUT2D eigenvalue weighted by Gasteiger charge is -2.57. The number of aliphatic hydroxyl groups is 1. The Hall–Kier alpha value is -0.650. The molecule has 3 aliphatic rings. The third-order valence-corrected chi connectivity index (χ3v) is 7.61. The minimum absolute atomic E-state index is 0.0627. The van der Waals surface area contributed by atoms with Crippen LogP contribution in [-0.4, -0.2) is 53.7 Å². The molecule has 5 heteroatoms. The van der Waals surface area contributed by atoms with Crippen LogP contribution < -0.4 is 0 Å². The number of halogens is 1. The van der Waals surface area contributed by atoms with Crippen molar-refractivity contribution in [1.29, 1.82) is 0 Å². The Kier molecular flexibility index (Phi) is 5.80. The lowest BCUT2D eigenvalue weighted by atomic mass is 9.65. The summed E-state index contributed by atoms with van der Waals surface area (Å²) in [7, 11) is 0. The molecule has 4 rings (SSSR count). The number of hydrogen-bond acceptors (Lipinski definition) is 4. The minimum atomic E-state index is -0.608. The molecule has 0 aromatic heterocycles. The fourth-order valence-electron chi connectivity index (χ4n) is 5.48. The van der Waals surface area contributed by atoms with Gasteiger partial charge < -0.3 is 14.6 Å². The zero-order chi connectivity index (χ0) is 19.8. The molecule has 0 radical (unpaired) electrons. The average molecular weight is 408 g/mol. The van der Waals surface area contributed by atoms with Gasteiger partial charge in [-0.05, 0) is 63.1 Å². The molecule has 3 atom stereocenters. The van der Waals surface area contributed by atoms with Crippen molar-refractivity contribution >= 4 is 11.6 Å². The summed E-state index contributed by atoms with van der Waals surface area (Å²) in [5, 5.41) is 12.1. The first kappa shape index (κ1) is 20.6. The summed E-state index contributed by atoms with van der Waals surface area (Å²) in [4.78, 5) is 2.62. The van der Waals surface area contributed by atoms with Crippen molar-refractivity contribution in [2.75, 3.05) is 26.3 Å². The van der Waals surface area contributed by atoms with E-state index in [-0.39, 0.29) is 17.2 Å². The molecule has 0 spiro atoms. The van der Waals surface area contributed by atoms with Crippen LogP contribution in [-0.2, 0) is 14.9 Å². The normalized spacial score (nSPS) is 37.6. The highest BCUT2D eigenvalue weighted by Gasteiger charge is 2.50. The molecule has 0 aliphatic carbocycles. The predicted octanol–water partition coefficient (Wildman–Crippen LogP) is 4.52. The van der Waals surface area contributed by atoms with Crippen LogP contribution in [0.25, 0.3) is 0 Å². The SMILES string of the molecule is CC1(c2ccc(Cl)cc2)CCC2(C)CC(O)(CCC3OCCCO3)CCN2C1. The summed E-state index contributed by atoms with van der Waals surface area (Å²) >= 11 is 6.09. The van der Waals surface area contributed by atoms with Crippen molar-refractivity contribution in [2.24, 2.45) is 0 Å². The van der Waals surface area contributed by atoms with Crippen molar-refractivity contribution < 1.29 is 14.6 Å². The molecule has 1 aromatic rings. The van der Waals surface area contributed by atoms with Crippen LogP contribution >= 0.6 is 11.6 Å². The first-order valence-electron chi connectivity index (χ1n) is 10.8. The number of nitrogens with zero attached hydrogens (tertiary/aromatic N) is 1. The summed E-state index contributed by atoms with van der Waals surface area (Å²) in [5.74, 6) is 0. The summed E-state index contributed by atoms with van der Waals surface area (Å²) in [6.45, 7) is 8.24. The molecule has 3 heterocycles. The molecule has 4 nitrogen and oxygen atoms in total. The number of hydrogen-bond donors (Lipinski definition) is 1. The first-order chi connectivity index (χ1) is 13.3. The second kappa shape index (κ2) is 7.88. The Balaban J connectivity index is 1.40. The highest BCUT2D eigenvalue weighted by atomic mass is 35.5. The standard InChI is InChI=1S/C23H34ClNO3/c1-21(18-4-6-19(24)7-5-18)10-11-22(2)16-23(26,12-13-25(22)17-21)9-8-20-27-14-3-15-28-20/h4-7,20,26H,3,8-17H2,1-2H3. The number of piperidine rings is 2. The molecule has 3 aliphatic heterocycles.